The lowest BCUT2D eigenvalue weighted by atomic mass is 10.2. The van der Waals surface area contributed by atoms with Gasteiger partial charge in [-0.15, -0.1) is 6.42 Å². The average molecular weight is 379 g/mol. The van der Waals surface area contributed by atoms with Crippen LogP contribution in [0.25, 0.3) is 0 Å². The highest BCUT2D eigenvalue weighted by atomic mass is 16.5. The van der Waals surface area contributed by atoms with Crippen LogP contribution in [0.3, 0.4) is 0 Å². The van der Waals surface area contributed by atoms with Crippen LogP contribution in [0, 0.1) is 12.3 Å². The Morgan fingerprint density at radius 3 is 2.54 bits per heavy atom. The van der Waals surface area contributed by atoms with Gasteiger partial charge in [0, 0.05) is 18.2 Å². The highest BCUT2D eigenvalue weighted by Gasteiger charge is 2.07. The van der Waals surface area contributed by atoms with E-state index in [1.807, 2.05) is 6.92 Å². The molecule has 0 aliphatic carbocycles. The molecule has 2 rings (SSSR count). The standard InChI is InChI=1S/C21H21N3O4/c1-4-12-28-19-11-6-16(13-20(19)27-5-2)14-22-24-21(26)17-7-9-18(10-8-17)23-15(3)25/h1,6-11,13-14H,5,12H2,2-3H3,(H,23,25)(H,24,26)/b22-14-. The Balaban J connectivity index is 2.01. The van der Waals surface area contributed by atoms with Crippen molar-refractivity contribution < 1.29 is 19.1 Å². The maximum atomic E-state index is 12.1. The van der Waals surface area contributed by atoms with Crippen molar-refractivity contribution in [2.45, 2.75) is 13.8 Å². The molecule has 0 fully saturated rings. The Bertz CT molecular complexity index is 899. The SMILES string of the molecule is C#CCOc1ccc(/C=N\NC(=O)c2ccc(NC(C)=O)cc2)cc1OCC. The summed E-state index contributed by atoms with van der Waals surface area (Å²) in [6.45, 7) is 3.89. The molecule has 0 heterocycles. The van der Waals surface area contributed by atoms with Crippen LogP contribution < -0.4 is 20.2 Å². The lowest BCUT2D eigenvalue weighted by molar-refractivity contribution is -0.114. The minimum Gasteiger partial charge on any atom is -0.490 e. The Hall–Kier alpha value is -3.79. The number of terminal acetylenes is 1. The van der Waals surface area contributed by atoms with Gasteiger partial charge in [0.25, 0.3) is 5.91 Å². The van der Waals surface area contributed by atoms with E-state index in [1.54, 1.807) is 42.5 Å². The molecule has 0 aliphatic rings. The van der Waals surface area contributed by atoms with Gasteiger partial charge in [-0.25, -0.2) is 5.43 Å². The number of benzene rings is 2. The fraction of sp³-hybridized carbons (Fsp3) is 0.190. The van der Waals surface area contributed by atoms with Gasteiger partial charge in [0.05, 0.1) is 12.8 Å². The van der Waals surface area contributed by atoms with E-state index < -0.39 is 0 Å². The van der Waals surface area contributed by atoms with Crippen LogP contribution in [0.1, 0.15) is 29.8 Å². The summed E-state index contributed by atoms with van der Waals surface area (Å²) in [5.74, 6) is 2.94. The van der Waals surface area contributed by atoms with Crippen LogP contribution >= 0.6 is 0 Å². The average Bonchev–Trinajstić information content (AvgIpc) is 2.67. The first-order valence-electron chi connectivity index (χ1n) is 8.57. The van der Waals surface area contributed by atoms with E-state index in [1.165, 1.54) is 13.1 Å². The van der Waals surface area contributed by atoms with Gasteiger partial charge in [0.2, 0.25) is 5.91 Å². The largest absolute Gasteiger partial charge is 0.490 e. The van der Waals surface area contributed by atoms with Gasteiger partial charge < -0.3 is 14.8 Å². The minimum atomic E-state index is -0.371. The zero-order chi connectivity index (χ0) is 20.4. The van der Waals surface area contributed by atoms with Gasteiger partial charge in [0.1, 0.15) is 6.61 Å². The molecule has 0 aliphatic heterocycles. The zero-order valence-corrected chi connectivity index (χ0v) is 15.7. The molecule has 2 aromatic rings. The van der Waals surface area contributed by atoms with E-state index in [0.717, 1.165) is 5.56 Å². The highest BCUT2D eigenvalue weighted by molar-refractivity contribution is 5.96. The Kier molecular flexibility index (Phi) is 7.61. The summed E-state index contributed by atoms with van der Waals surface area (Å²) in [7, 11) is 0. The van der Waals surface area contributed by atoms with Crippen LogP contribution in [-0.2, 0) is 4.79 Å². The van der Waals surface area contributed by atoms with Gasteiger partial charge >= 0.3 is 0 Å². The lowest BCUT2D eigenvalue weighted by Gasteiger charge is -2.10. The summed E-state index contributed by atoms with van der Waals surface area (Å²) in [6.07, 6.45) is 6.70. The molecule has 7 nitrogen and oxygen atoms in total. The molecular weight excluding hydrogens is 358 g/mol. The van der Waals surface area contributed by atoms with E-state index in [4.69, 9.17) is 15.9 Å². The first kappa shape index (κ1) is 20.5. The number of carbonyl (C=O) groups excluding carboxylic acids is 2. The van der Waals surface area contributed by atoms with Crippen LogP contribution in [0.5, 0.6) is 11.5 Å². The summed E-state index contributed by atoms with van der Waals surface area (Å²) in [5.41, 5.74) is 4.20. The second-order valence-electron chi connectivity index (χ2n) is 5.59. The summed E-state index contributed by atoms with van der Waals surface area (Å²) in [4.78, 5) is 23.1. The molecule has 0 aromatic heterocycles. The topological polar surface area (TPSA) is 89.0 Å². The minimum absolute atomic E-state index is 0.143. The molecule has 0 radical (unpaired) electrons. The second-order valence-corrected chi connectivity index (χ2v) is 5.59. The first-order valence-corrected chi connectivity index (χ1v) is 8.57. The van der Waals surface area contributed by atoms with Gasteiger partial charge in [-0.3, -0.25) is 9.59 Å². The molecule has 0 atom stereocenters. The van der Waals surface area contributed by atoms with E-state index in [2.05, 4.69) is 21.8 Å². The molecule has 28 heavy (non-hydrogen) atoms. The number of rotatable bonds is 8. The van der Waals surface area contributed by atoms with Crippen molar-refractivity contribution in [1.82, 2.24) is 5.43 Å². The summed E-state index contributed by atoms with van der Waals surface area (Å²) < 4.78 is 11.0. The third kappa shape index (κ3) is 6.18. The number of hydrogen-bond acceptors (Lipinski definition) is 5. The molecule has 0 saturated carbocycles. The van der Waals surface area contributed by atoms with Crippen molar-refractivity contribution >= 4 is 23.7 Å². The third-order valence-corrected chi connectivity index (χ3v) is 3.43. The monoisotopic (exact) mass is 379 g/mol. The molecule has 0 spiro atoms. The molecular formula is C21H21N3O4. The van der Waals surface area contributed by atoms with Crippen molar-refractivity contribution in [3.63, 3.8) is 0 Å². The molecule has 0 unspecified atom stereocenters. The number of hydrazone groups is 1. The van der Waals surface area contributed by atoms with E-state index in [-0.39, 0.29) is 18.4 Å². The van der Waals surface area contributed by atoms with Crippen molar-refractivity contribution in [2.24, 2.45) is 5.10 Å². The molecule has 2 N–H and O–H groups in total. The number of anilines is 1. The van der Waals surface area contributed by atoms with Crippen LogP contribution in [0.2, 0.25) is 0 Å². The van der Waals surface area contributed by atoms with Crippen LogP contribution in [-0.4, -0.2) is 31.2 Å². The van der Waals surface area contributed by atoms with Gasteiger partial charge in [-0.1, -0.05) is 5.92 Å². The van der Waals surface area contributed by atoms with Crippen molar-refractivity contribution in [1.29, 1.82) is 0 Å². The van der Waals surface area contributed by atoms with E-state index >= 15 is 0 Å². The van der Waals surface area contributed by atoms with E-state index in [0.29, 0.717) is 29.4 Å². The number of nitrogens with zero attached hydrogens (tertiary/aromatic N) is 1. The quantitative estimate of drug-likeness (QED) is 0.419. The van der Waals surface area contributed by atoms with Gasteiger partial charge in [-0.05, 0) is 55.0 Å². The Morgan fingerprint density at radius 1 is 1.14 bits per heavy atom. The first-order chi connectivity index (χ1) is 13.5. The number of hydrogen-bond donors (Lipinski definition) is 2. The van der Waals surface area contributed by atoms with Crippen LogP contribution in [0.15, 0.2) is 47.6 Å². The van der Waals surface area contributed by atoms with E-state index in [9.17, 15) is 9.59 Å². The van der Waals surface area contributed by atoms with Crippen LogP contribution in [0.4, 0.5) is 5.69 Å². The maximum Gasteiger partial charge on any atom is 0.271 e. The molecule has 0 saturated heterocycles. The number of nitrogens with one attached hydrogen (secondary N) is 2. The van der Waals surface area contributed by atoms with Crippen molar-refractivity contribution in [2.75, 3.05) is 18.5 Å². The normalized spacial score (nSPS) is 10.2. The number of carbonyl (C=O) groups is 2. The lowest BCUT2D eigenvalue weighted by Crippen LogP contribution is -2.17. The zero-order valence-electron chi connectivity index (χ0n) is 15.7. The van der Waals surface area contributed by atoms with Gasteiger partial charge in [0.15, 0.2) is 11.5 Å². The molecule has 2 amide bonds. The summed E-state index contributed by atoms with van der Waals surface area (Å²) >= 11 is 0. The fourth-order valence-corrected chi connectivity index (χ4v) is 2.25. The fourth-order valence-electron chi connectivity index (χ4n) is 2.25. The molecule has 144 valence electrons. The predicted octanol–water partition coefficient (Wildman–Crippen LogP) is 2.82. The number of ether oxygens (including phenoxy) is 2. The second kappa shape index (κ2) is 10.4. The van der Waals surface area contributed by atoms with Gasteiger partial charge in [-0.2, -0.15) is 5.10 Å². The highest BCUT2D eigenvalue weighted by Crippen LogP contribution is 2.27. The summed E-state index contributed by atoms with van der Waals surface area (Å²) in [6, 6.07) is 11.7. The predicted molar refractivity (Wildman–Crippen MR) is 108 cm³/mol. The summed E-state index contributed by atoms with van der Waals surface area (Å²) in [5, 5.41) is 6.59. The Morgan fingerprint density at radius 2 is 1.89 bits per heavy atom. The molecule has 2 aromatic carbocycles. The maximum absolute atomic E-state index is 12.1. The smallest absolute Gasteiger partial charge is 0.271 e. The number of amides is 2. The molecule has 0 bridgehead atoms. The third-order valence-electron chi connectivity index (χ3n) is 3.43. The Labute approximate surface area is 163 Å². The van der Waals surface area contributed by atoms with Crippen molar-refractivity contribution in [3.05, 3.63) is 53.6 Å². The van der Waals surface area contributed by atoms with Crippen molar-refractivity contribution in [3.8, 4) is 23.8 Å². The molecule has 7 heteroatoms.